The van der Waals surface area contributed by atoms with Crippen LogP contribution in [0.3, 0.4) is 0 Å². The van der Waals surface area contributed by atoms with Gasteiger partial charge in [-0.1, -0.05) is 0 Å². The van der Waals surface area contributed by atoms with Gasteiger partial charge < -0.3 is 31.6 Å². The van der Waals surface area contributed by atoms with E-state index in [9.17, 15) is 4.79 Å². The van der Waals surface area contributed by atoms with Gasteiger partial charge in [-0.3, -0.25) is 4.79 Å². The highest BCUT2D eigenvalue weighted by atomic mass is 32.2. The third kappa shape index (κ3) is 7.48. The average Bonchev–Trinajstić information content (AvgIpc) is 3.52. The van der Waals surface area contributed by atoms with Crippen LogP contribution in [0, 0.1) is 11.3 Å². The highest BCUT2D eigenvalue weighted by Gasteiger charge is 2.27. The predicted molar refractivity (Wildman–Crippen MR) is 154 cm³/mol. The number of hydrogen-bond acceptors (Lipinski definition) is 9. The summed E-state index contributed by atoms with van der Waals surface area (Å²) in [6, 6.07) is 10.4. The number of hydrogen-bond donors (Lipinski definition) is 4. The van der Waals surface area contributed by atoms with Gasteiger partial charge in [0.15, 0.2) is 5.16 Å². The number of aromatic nitrogens is 2. The van der Waals surface area contributed by atoms with Crippen molar-refractivity contribution in [2.45, 2.75) is 68.0 Å². The molecule has 0 radical (unpaired) electrons. The zero-order valence-corrected chi connectivity index (χ0v) is 22.9. The average molecular weight is 535 g/mol. The summed E-state index contributed by atoms with van der Waals surface area (Å²) in [7, 11) is 0. The van der Waals surface area contributed by atoms with Gasteiger partial charge in [0.25, 0.3) is 0 Å². The number of nitrogens with one attached hydrogen (secondary N) is 3. The summed E-state index contributed by atoms with van der Waals surface area (Å²) in [6.45, 7) is 6.07. The van der Waals surface area contributed by atoms with Gasteiger partial charge in [0, 0.05) is 47.9 Å². The highest BCUT2D eigenvalue weighted by molar-refractivity contribution is 7.99. The number of rotatable bonds is 10. The number of amides is 1. The van der Waals surface area contributed by atoms with E-state index < -0.39 is 0 Å². The number of allylic oxidation sites excluding steroid dienone is 1. The third-order valence-electron chi connectivity index (χ3n) is 7.30. The fraction of sp³-hybridized carbons (Fsp3) is 0.500. The quantitative estimate of drug-likeness (QED) is 0.256. The minimum absolute atomic E-state index is 0.0824. The second-order valence-corrected chi connectivity index (χ2v) is 11.6. The van der Waals surface area contributed by atoms with Gasteiger partial charge >= 0.3 is 0 Å². The standard InChI is InChI=1S/C28H38N8OS/c1-19(29)16-24(30)32-25-18-26(36-14-10-22(11-15-36)35-12-2-3-13-35)34-28(33-25)38-23-8-6-21(7-9-23)31-27(37)17-20-4-5-20/h6-9,16,18,20,22,29H,2-5,10-15,17,30H2,1H3,(H,31,37)(H,32,33,34)/b24-16+,29-19?. The molecule has 0 spiro atoms. The minimum Gasteiger partial charge on any atom is -0.385 e. The number of nitrogens with two attached hydrogens (primary N) is 1. The Balaban J connectivity index is 1.29. The van der Waals surface area contributed by atoms with Crippen LogP contribution < -0.4 is 21.3 Å². The topological polar surface area (TPSA) is 123 Å². The first kappa shape index (κ1) is 26.5. The Bertz CT molecular complexity index is 1170. The van der Waals surface area contributed by atoms with Gasteiger partial charge in [-0.05, 0) is 107 Å². The zero-order chi connectivity index (χ0) is 26.5. The molecule has 0 unspecified atom stereocenters. The first-order valence-electron chi connectivity index (χ1n) is 13.7. The lowest BCUT2D eigenvalue weighted by atomic mass is 10.0. The monoisotopic (exact) mass is 534 g/mol. The molecule has 1 amide bonds. The number of anilines is 3. The molecular weight excluding hydrogens is 496 g/mol. The lowest BCUT2D eigenvalue weighted by Gasteiger charge is -2.37. The molecule has 1 aromatic heterocycles. The minimum atomic E-state index is 0.0824. The molecule has 0 bridgehead atoms. The van der Waals surface area contributed by atoms with Crippen molar-refractivity contribution in [1.29, 1.82) is 5.41 Å². The van der Waals surface area contributed by atoms with E-state index in [4.69, 9.17) is 21.1 Å². The Morgan fingerprint density at radius 2 is 1.79 bits per heavy atom. The smallest absolute Gasteiger partial charge is 0.224 e. The number of nitrogens with zero attached hydrogens (tertiary/aromatic N) is 4. The second kappa shape index (κ2) is 12.2. The molecule has 3 fully saturated rings. The number of carbonyl (C=O) groups excluding carboxylic acids is 1. The number of benzene rings is 1. The van der Waals surface area contributed by atoms with Crippen LogP contribution in [-0.4, -0.2) is 58.7 Å². The van der Waals surface area contributed by atoms with Crippen molar-refractivity contribution in [1.82, 2.24) is 14.9 Å². The lowest BCUT2D eigenvalue weighted by Crippen LogP contribution is -2.44. The van der Waals surface area contributed by atoms with Crippen LogP contribution in [-0.2, 0) is 4.79 Å². The van der Waals surface area contributed by atoms with Gasteiger partial charge in [-0.15, -0.1) is 0 Å². The Morgan fingerprint density at radius 1 is 1.08 bits per heavy atom. The SMILES string of the molecule is CC(=N)/C=C(\N)Nc1cc(N2CCC(N3CCCC3)CC2)nc(Sc2ccc(NC(=O)CC3CC3)cc2)n1. The maximum Gasteiger partial charge on any atom is 0.224 e. The molecule has 10 heteroatoms. The van der Waals surface area contributed by atoms with Crippen molar-refractivity contribution < 1.29 is 4.79 Å². The van der Waals surface area contributed by atoms with Crippen molar-refractivity contribution in [3.8, 4) is 0 Å². The van der Waals surface area contributed by atoms with Crippen LogP contribution in [0.15, 0.2) is 52.3 Å². The lowest BCUT2D eigenvalue weighted by molar-refractivity contribution is -0.116. The highest BCUT2D eigenvalue weighted by Crippen LogP contribution is 2.33. The Labute approximate surface area is 229 Å². The maximum atomic E-state index is 12.1. The second-order valence-electron chi connectivity index (χ2n) is 10.6. The molecule has 3 aliphatic rings. The summed E-state index contributed by atoms with van der Waals surface area (Å²) < 4.78 is 0. The summed E-state index contributed by atoms with van der Waals surface area (Å²) in [5.74, 6) is 2.51. The molecule has 202 valence electrons. The fourth-order valence-corrected chi connectivity index (χ4v) is 5.94. The van der Waals surface area contributed by atoms with Crippen LogP contribution in [0.1, 0.15) is 51.9 Å². The van der Waals surface area contributed by atoms with Crippen LogP contribution >= 0.6 is 11.8 Å². The number of carbonyl (C=O) groups is 1. The van der Waals surface area contributed by atoms with Gasteiger partial charge in [0.1, 0.15) is 17.5 Å². The summed E-state index contributed by atoms with van der Waals surface area (Å²) in [4.78, 5) is 27.7. The Hall–Kier alpha value is -3.11. The molecule has 9 nitrogen and oxygen atoms in total. The van der Waals surface area contributed by atoms with E-state index in [-0.39, 0.29) is 5.91 Å². The zero-order valence-electron chi connectivity index (χ0n) is 22.1. The third-order valence-corrected chi connectivity index (χ3v) is 8.17. The molecule has 1 aromatic carbocycles. The first-order valence-corrected chi connectivity index (χ1v) is 14.5. The van der Waals surface area contributed by atoms with E-state index in [0.29, 0.717) is 40.9 Å². The Kier molecular flexibility index (Phi) is 8.48. The fourth-order valence-electron chi connectivity index (χ4n) is 5.18. The normalized spacial score (nSPS) is 19.0. The molecule has 2 aliphatic heterocycles. The molecule has 38 heavy (non-hydrogen) atoms. The van der Waals surface area contributed by atoms with E-state index in [1.807, 2.05) is 30.3 Å². The van der Waals surface area contributed by atoms with Crippen LogP contribution in [0.5, 0.6) is 0 Å². The summed E-state index contributed by atoms with van der Waals surface area (Å²) in [5.41, 5.74) is 7.28. The predicted octanol–water partition coefficient (Wildman–Crippen LogP) is 4.68. The van der Waals surface area contributed by atoms with E-state index >= 15 is 0 Å². The molecule has 5 N–H and O–H groups in total. The molecular formula is C28H38N8OS. The van der Waals surface area contributed by atoms with E-state index in [2.05, 4.69) is 20.4 Å². The van der Waals surface area contributed by atoms with Gasteiger partial charge in [-0.2, -0.15) is 0 Å². The molecule has 3 heterocycles. The van der Waals surface area contributed by atoms with Crippen LogP contribution in [0.25, 0.3) is 0 Å². The van der Waals surface area contributed by atoms with Crippen molar-refractivity contribution in [3.63, 3.8) is 0 Å². The van der Waals surface area contributed by atoms with Crippen LogP contribution in [0.4, 0.5) is 17.3 Å². The summed E-state index contributed by atoms with van der Waals surface area (Å²) >= 11 is 1.48. The summed E-state index contributed by atoms with van der Waals surface area (Å²) in [6.07, 6.45) is 9.43. The molecule has 0 atom stereocenters. The van der Waals surface area contributed by atoms with Gasteiger partial charge in [0.05, 0.1) is 0 Å². The van der Waals surface area contributed by atoms with Crippen LogP contribution in [0.2, 0.25) is 0 Å². The summed E-state index contributed by atoms with van der Waals surface area (Å²) in [5, 5.41) is 14.4. The largest absolute Gasteiger partial charge is 0.385 e. The van der Waals surface area contributed by atoms with Crippen molar-refractivity contribution >= 4 is 40.7 Å². The van der Waals surface area contributed by atoms with E-state index in [1.54, 1.807) is 13.0 Å². The van der Waals surface area contributed by atoms with Gasteiger partial charge in [0.2, 0.25) is 5.91 Å². The number of likely N-dealkylation sites (tertiary alicyclic amines) is 1. The first-order chi connectivity index (χ1) is 18.4. The van der Waals surface area contributed by atoms with Crippen molar-refractivity contribution in [3.05, 3.63) is 42.2 Å². The van der Waals surface area contributed by atoms with E-state index in [1.165, 1.54) is 37.7 Å². The molecule has 5 rings (SSSR count). The van der Waals surface area contributed by atoms with Crippen molar-refractivity contribution in [2.75, 3.05) is 41.7 Å². The van der Waals surface area contributed by atoms with Gasteiger partial charge in [-0.25, -0.2) is 9.97 Å². The van der Waals surface area contributed by atoms with Crippen molar-refractivity contribution in [2.24, 2.45) is 11.7 Å². The van der Waals surface area contributed by atoms with E-state index in [0.717, 1.165) is 55.2 Å². The molecule has 2 aromatic rings. The molecule has 1 aliphatic carbocycles. The number of piperidine rings is 1. The maximum absolute atomic E-state index is 12.1. The molecule has 1 saturated carbocycles. The Morgan fingerprint density at radius 3 is 2.45 bits per heavy atom. The molecule has 2 saturated heterocycles.